The zero-order valence-electron chi connectivity index (χ0n) is 20.3. The van der Waals surface area contributed by atoms with Crippen LogP contribution in [0.15, 0.2) is 121 Å². The molecule has 0 bridgehead atoms. The Morgan fingerprint density at radius 3 is 0.921 bits per heavy atom. The van der Waals surface area contributed by atoms with Crippen molar-refractivity contribution in [3.63, 3.8) is 0 Å². The molecule has 0 aliphatic heterocycles. The van der Waals surface area contributed by atoms with Gasteiger partial charge in [-0.1, -0.05) is 121 Å². The Morgan fingerprint density at radius 1 is 0.342 bits per heavy atom. The van der Waals surface area contributed by atoms with Crippen molar-refractivity contribution in [1.29, 1.82) is 0 Å². The van der Waals surface area contributed by atoms with E-state index < -0.39 is 0 Å². The van der Waals surface area contributed by atoms with Crippen molar-refractivity contribution in [2.24, 2.45) is 0 Å². The molecule has 0 saturated heterocycles. The molecule has 0 fully saturated rings. The largest absolute Gasteiger partial charge is 0.0656 e. The van der Waals surface area contributed by atoms with Crippen LogP contribution in [0.2, 0.25) is 0 Å². The van der Waals surface area contributed by atoms with Gasteiger partial charge >= 0.3 is 0 Å². The first-order chi connectivity index (χ1) is 18.7. The summed E-state index contributed by atoms with van der Waals surface area (Å²) in [5.41, 5.74) is 13.6. The first-order valence-corrected chi connectivity index (χ1v) is 15.2. The molecule has 3 aliphatic carbocycles. The van der Waals surface area contributed by atoms with Crippen LogP contribution in [0.5, 0.6) is 0 Å². The summed E-state index contributed by atoms with van der Waals surface area (Å²) in [5.74, 6) is 0. The third kappa shape index (κ3) is 2.17. The number of benzene rings is 6. The summed E-state index contributed by atoms with van der Waals surface area (Å²) in [6.07, 6.45) is 0. The van der Waals surface area contributed by atoms with E-state index >= 15 is 0 Å². The quantitative estimate of drug-likeness (QED) is 0.138. The summed E-state index contributed by atoms with van der Waals surface area (Å²) in [6.45, 7) is 0. The van der Waals surface area contributed by atoms with E-state index in [-0.39, 0.29) is 10.8 Å². The molecule has 6 aromatic rings. The van der Waals surface area contributed by atoms with E-state index in [4.69, 9.17) is 0 Å². The predicted molar refractivity (Wildman–Crippen MR) is 173 cm³/mol. The Bertz CT molecular complexity index is 1780. The lowest BCUT2D eigenvalue weighted by atomic mass is 9.40. The lowest BCUT2D eigenvalue weighted by Gasteiger charge is -2.61. The second-order valence-electron chi connectivity index (χ2n) is 10.6. The molecule has 0 N–H and O–H groups in total. The van der Waals surface area contributed by atoms with Gasteiger partial charge in [-0.2, -0.15) is 0 Å². The van der Waals surface area contributed by atoms with Gasteiger partial charge in [0.15, 0.2) is 0 Å². The van der Waals surface area contributed by atoms with Crippen molar-refractivity contribution < 1.29 is 0 Å². The standard InChI is InChI=1S/C36H20I2/c37-33-25-15-1-2-16-26(25)34(38)32-31(33)35(27-17-7-3-11-21(27)22-12-4-8-18-28(22)35)36(32)29-19-9-5-13-23(29)24-14-6-10-20-30(24)36/h1-20H. The highest BCUT2D eigenvalue weighted by molar-refractivity contribution is 14.1. The number of fused-ring (bicyclic) bond motifs is 15. The lowest BCUT2D eigenvalue weighted by molar-refractivity contribution is 0.364. The number of rotatable bonds is 0. The van der Waals surface area contributed by atoms with Crippen LogP contribution in [0.1, 0.15) is 33.4 Å². The third-order valence-electron chi connectivity index (χ3n) is 9.31. The van der Waals surface area contributed by atoms with Gasteiger partial charge in [0.25, 0.3) is 0 Å². The number of halogens is 2. The summed E-state index contributed by atoms with van der Waals surface area (Å²) in [6, 6.07) is 45.7. The van der Waals surface area contributed by atoms with E-state index in [2.05, 4.69) is 167 Å². The summed E-state index contributed by atoms with van der Waals surface area (Å²) >= 11 is 5.32. The molecule has 0 radical (unpaired) electrons. The Hall–Kier alpha value is -2.96. The third-order valence-corrected chi connectivity index (χ3v) is 11.5. The summed E-state index contributed by atoms with van der Waals surface area (Å²) in [5, 5.41) is 2.71. The molecule has 0 unspecified atom stereocenters. The van der Waals surface area contributed by atoms with Crippen molar-refractivity contribution in [3.05, 3.63) is 162 Å². The molecule has 178 valence electrons. The zero-order valence-corrected chi connectivity index (χ0v) is 24.6. The van der Waals surface area contributed by atoms with Crippen molar-refractivity contribution in [1.82, 2.24) is 0 Å². The smallest absolute Gasteiger partial charge is 0.0619 e. The predicted octanol–water partition coefficient (Wildman–Crippen LogP) is 9.69. The molecular formula is C36H20I2. The van der Waals surface area contributed by atoms with Crippen LogP contribution < -0.4 is 0 Å². The molecular weight excluding hydrogens is 686 g/mol. The fourth-order valence-corrected chi connectivity index (χ4v) is 10.5. The van der Waals surface area contributed by atoms with E-state index in [1.54, 1.807) is 0 Å². The van der Waals surface area contributed by atoms with Gasteiger partial charge in [0.2, 0.25) is 0 Å². The second-order valence-corrected chi connectivity index (χ2v) is 12.8. The number of hydrogen-bond acceptors (Lipinski definition) is 0. The van der Waals surface area contributed by atoms with Crippen LogP contribution in [-0.4, -0.2) is 0 Å². The Balaban J connectivity index is 1.61. The first kappa shape index (κ1) is 21.9. The number of hydrogen-bond donors (Lipinski definition) is 0. The molecule has 6 aromatic carbocycles. The van der Waals surface area contributed by atoms with Gasteiger partial charge in [-0.3, -0.25) is 0 Å². The highest BCUT2D eigenvalue weighted by Crippen LogP contribution is 2.77. The molecule has 0 aromatic heterocycles. The van der Waals surface area contributed by atoms with E-state index in [9.17, 15) is 0 Å². The van der Waals surface area contributed by atoms with Gasteiger partial charge < -0.3 is 0 Å². The van der Waals surface area contributed by atoms with E-state index in [1.165, 1.54) is 73.5 Å². The van der Waals surface area contributed by atoms with E-state index in [0.717, 1.165) is 0 Å². The average molecular weight is 706 g/mol. The SMILES string of the molecule is Ic1c2c(c(I)c3ccccc13)C1(c3ccccc3-c3ccccc31)C21c2ccccc2-c2ccccc21. The minimum absolute atomic E-state index is 0.307. The topological polar surface area (TPSA) is 0 Å². The first-order valence-electron chi connectivity index (χ1n) is 13.0. The minimum atomic E-state index is -0.307. The van der Waals surface area contributed by atoms with Crippen molar-refractivity contribution >= 4 is 56.0 Å². The van der Waals surface area contributed by atoms with Crippen molar-refractivity contribution in [2.45, 2.75) is 10.8 Å². The summed E-state index contributed by atoms with van der Waals surface area (Å²) < 4.78 is 2.76. The maximum absolute atomic E-state index is 2.66. The molecule has 38 heavy (non-hydrogen) atoms. The molecule has 0 saturated carbocycles. The normalized spacial score (nSPS) is 16.1. The van der Waals surface area contributed by atoms with Gasteiger partial charge in [-0.25, -0.2) is 0 Å². The molecule has 2 heteroatoms. The monoisotopic (exact) mass is 706 g/mol. The van der Waals surface area contributed by atoms with E-state index in [1.807, 2.05) is 0 Å². The second kappa shape index (κ2) is 7.36. The van der Waals surface area contributed by atoms with Gasteiger partial charge in [0.1, 0.15) is 0 Å². The van der Waals surface area contributed by atoms with Crippen LogP contribution in [0.3, 0.4) is 0 Å². The van der Waals surface area contributed by atoms with Gasteiger partial charge in [-0.15, -0.1) is 0 Å². The highest BCUT2D eigenvalue weighted by atomic mass is 127. The van der Waals surface area contributed by atoms with Crippen LogP contribution in [0.25, 0.3) is 33.0 Å². The van der Waals surface area contributed by atoms with Gasteiger partial charge in [0.05, 0.1) is 10.8 Å². The Labute approximate surface area is 249 Å². The Morgan fingerprint density at radius 2 is 0.605 bits per heavy atom. The van der Waals surface area contributed by atoms with Gasteiger partial charge in [-0.05, 0) is 112 Å². The van der Waals surface area contributed by atoms with Crippen molar-refractivity contribution in [2.75, 3.05) is 0 Å². The summed E-state index contributed by atoms with van der Waals surface area (Å²) in [7, 11) is 0. The van der Waals surface area contributed by atoms with Crippen molar-refractivity contribution in [3.8, 4) is 22.3 Å². The summed E-state index contributed by atoms with van der Waals surface area (Å²) in [4.78, 5) is 0. The molecule has 0 atom stereocenters. The molecule has 0 amide bonds. The van der Waals surface area contributed by atoms with Crippen LogP contribution >= 0.6 is 45.2 Å². The van der Waals surface area contributed by atoms with Gasteiger partial charge in [0, 0.05) is 7.14 Å². The maximum Gasteiger partial charge on any atom is 0.0656 e. The molecule has 9 rings (SSSR count). The fraction of sp³-hybridized carbons (Fsp3) is 0.0556. The Kier molecular flexibility index (Phi) is 4.25. The van der Waals surface area contributed by atoms with E-state index in [0.29, 0.717) is 0 Å². The molecule has 0 heterocycles. The minimum Gasteiger partial charge on any atom is -0.0619 e. The molecule has 2 spiro atoms. The lowest BCUT2D eigenvalue weighted by Crippen LogP contribution is -2.60. The fourth-order valence-electron chi connectivity index (χ4n) is 8.19. The maximum atomic E-state index is 2.66. The highest BCUT2D eigenvalue weighted by Gasteiger charge is 2.72. The van der Waals surface area contributed by atoms with Crippen LogP contribution in [-0.2, 0) is 10.8 Å². The van der Waals surface area contributed by atoms with Crippen LogP contribution in [0.4, 0.5) is 0 Å². The van der Waals surface area contributed by atoms with Crippen LogP contribution in [0, 0.1) is 7.14 Å². The zero-order chi connectivity index (χ0) is 25.2. The average Bonchev–Trinajstić information content (AvgIpc) is 3.46. The molecule has 0 nitrogen and oxygen atoms in total. The molecule has 3 aliphatic rings.